The van der Waals surface area contributed by atoms with E-state index < -0.39 is 0 Å². The van der Waals surface area contributed by atoms with Crippen LogP contribution in [0.5, 0.6) is 0 Å². The summed E-state index contributed by atoms with van der Waals surface area (Å²) in [6, 6.07) is 18.1. The van der Waals surface area contributed by atoms with E-state index in [1.807, 2.05) is 42.5 Å². The number of nitrogens with one attached hydrogen (secondary N) is 1. The Hall–Kier alpha value is -2.64. The van der Waals surface area contributed by atoms with Crippen molar-refractivity contribution in [3.63, 3.8) is 0 Å². The van der Waals surface area contributed by atoms with Gasteiger partial charge < -0.3 is 10.4 Å². The lowest BCUT2D eigenvalue weighted by molar-refractivity contribution is -0.126. The van der Waals surface area contributed by atoms with Crippen molar-refractivity contribution in [2.45, 2.75) is 38.2 Å². The van der Waals surface area contributed by atoms with E-state index in [9.17, 15) is 9.90 Å². The van der Waals surface area contributed by atoms with Gasteiger partial charge in [-0.1, -0.05) is 55.3 Å². The molecule has 1 aliphatic carbocycles. The fourth-order valence-electron chi connectivity index (χ4n) is 4.00. The van der Waals surface area contributed by atoms with E-state index in [0.29, 0.717) is 0 Å². The standard InChI is InChI=1S/C22H24N2O2/c23-12-13-24-22(26)21-11-4-3-10-20(21)19-9-2-1-8-18(19)17-7-5-6-16(14-17)15-25/h1-2,5-9,14,20-21,25H,3-4,10-11,13,15H2,(H,24,26). The zero-order valence-electron chi connectivity index (χ0n) is 14.8. The molecule has 1 aliphatic rings. The maximum Gasteiger partial charge on any atom is 0.224 e. The van der Waals surface area contributed by atoms with E-state index in [-0.39, 0.29) is 30.9 Å². The molecule has 0 spiro atoms. The van der Waals surface area contributed by atoms with E-state index in [4.69, 9.17) is 5.26 Å². The van der Waals surface area contributed by atoms with Crippen LogP contribution in [0.15, 0.2) is 48.5 Å². The highest BCUT2D eigenvalue weighted by Crippen LogP contribution is 2.42. The molecule has 4 nitrogen and oxygen atoms in total. The number of benzene rings is 2. The van der Waals surface area contributed by atoms with E-state index in [2.05, 4.69) is 17.4 Å². The SMILES string of the molecule is N#CCNC(=O)C1CCCCC1c1ccccc1-c1cccc(CO)c1. The molecule has 134 valence electrons. The maximum atomic E-state index is 12.6. The molecule has 1 amide bonds. The highest BCUT2D eigenvalue weighted by atomic mass is 16.3. The Morgan fingerprint density at radius 1 is 1.15 bits per heavy atom. The number of rotatable bonds is 5. The molecular weight excluding hydrogens is 324 g/mol. The van der Waals surface area contributed by atoms with Crippen LogP contribution >= 0.6 is 0 Å². The van der Waals surface area contributed by atoms with Crippen LogP contribution < -0.4 is 5.32 Å². The van der Waals surface area contributed by atoms with Crippen LogP contribution in [-0.4, -0.2) is 17.6 Å². The number of nitrogens with zero attached hydrogens (tertiary/aromatic N) is 1. The first kappa shape index (κ1) is 18.2. The summed E-state index contributed by atoms with van der Waals surface area (Å²) in [6.45, 7) is 0.0703. The third-order valence-electron chi connectivity index (χ3n) is 5.23. The van der Waals surface area contributed by atoms with Crippen LogP contribution in [0.25, 0.3) is 11.1 Å². The number of hydrogen-bond donors (Lipinski definition) is 2. The van der Waals surface area contributed by atoms with Crippen molar-refractivity contribution >= 4 is 5.91 Å². The van der Waals surface area contributed by atoms with Gasteiger partial charge in [-0.2, -0.15) is 5.26 Å². The highest BCUT2D eigenvalue weighted by molar-refractivity contribution is 5.81. The molecule has 0 saturated heterocycles. The molecule has 2 aromatic carbocycles. The summed E-state index contributed by atoms with van der Waals surface area (Å²) < 4.78 is 0. The number of aliphatic hydroxyl groups is 1. The van der Waals surface area contributed by atoms with Crippen LogP contribution in [0.2, 0.25) is 0 Å². The van der Waals surface area contributed by atoms with Gasteiger partial charge in [0, 0.05) is 5.92 Å². The zero-order valence-corrected chi connectivity index (χ0v) is 14.8. The van der Waals surface area contributed by atoms with Gasteiger partial charge in [0.1, 0.15) is 6.54 Å². The third-order valence-corrected chi connectivity index (χ3v) is 5.23. The van der Waals surface area contributed by atoms with Crippen LogP contribution in [0.3, 0.4) is 0 Å². The van der Waals surface area contributed by atoms with Gasteiger partial charge in [0.2, 0.25) is 5.91 Å². The van der Waals surface area contributed by atoms with Crippen molar-refractivity contribution in [2.24, 2.45) is 5.92 Å². The number of aliphatic hydroxyl groups excluding tert-OH is 1. The van der Waals surface area contributed by atoms with Crippen LogP contribution in [0, 0.1) is 17.2 Å². The predicted octanol–water partition coefficient (Wildman–Crippen LogP) is 3.76. The number of carbonyl (C=O) groups is 1. The Labute approximate surface area is 154 Å². The monoisotopic (exact) mass is 348 g/mol. The summed E-state index contributed by atoms with van der Waals surface area (Å²) in [4.78, 5) is 12.6. The Balaban J connectivity index is 1.97. The van der Waals surface area contributed by atoms with E-state index in [0.717, 1.165) is 42.4 Å². The molecule has 4 heteroatoms. The smallest absolute Gasteiger partial charge is 0.224 e. The van der Waals surface area contributed by atoms with Gasteiger partial charge in [0.05, 0.1) is 12.7 Å². The average Bonchev–Trinajstić information content (AvgIpc) is 2.72. The summed E-state index contributed by atoms with van der Waals surface area (Å²) in [5, 5.41) is 20.9. The topological polar surface area (TPSA) is 73.1 Å². The van der Waals surface area contributed by atoms with Gasteiger partial charge in [-0.25, -0.2) is 0 Å². The van der Waals surface area contributed by atoms with Gasteiger partial charge >= 0.3 is 0 Å². The summed E-state index contributed by atoms with van der Waals surface area (Å²) in [5.74, 6) is 0.0332. The minimum Gasteiger partial charge on any atom is -0.392 e. The molecule has 3 rings (SSSR count). The lowest BCUT2D eigenvalue weighted by Gasteiger charge is -2.32. The minimum absolute atomic E-state index is 0.0125. The quantitative estimate of drug-likeness (QED) is 0.808. The lowest BCUT2D eigenvalue weighted by atomic mass is 9.73. The number of carbonyl (C=O) groups excluding carboxylic acids is 1. The highest BCUT2D eigenvalue weighted by Gasteiger charge is 2.33. The first-order valence-electron chi connectivity index (χ1n) is 9.18. The molecule has 0 aromatic heterocycles. The van der Waals surface area contributed by atoms with E-state index in [1.165, 1.54) is 5.56 Å². The van der Waals surface area contributed by atoms with E-state index >= 15 is 0 Å². The number of amides is 1. The molecular formula is C22H24N2O2. The second-order valence-electron chi connectivity index (χ2n) is 6.82. The molecule has 26 heavy (non-hydrogen) atoms. The van der Waals surface area contributed by atoms with Crippen molar-refractivity contribution in [1.82, 2.24) is 5.32 Å². The lowest BCUT2D eigenvalue weighted by Crippen LogP contribution is -2.36. The Morgan fingerprint density at radius 2 is 1.96 bits per heavy atom. The fourth-order valence-corrected chi connectivity index (χ4v) is 4.00. The second kappa shape index (κ2) is 8.64. The summed E-state index contributed by atoms with van der Waals surface area (Å²) >= 11 is 0. The van der Waals surface area contributed by atoms with E-state index in [1.54, 1.807) is 0 Å². The van der Waals surface area contributed by atoms with Crippen LogP contribution in [0.4, 0.5) is 0 Å². The first-order valence-corrected chi connectivity index (χ1v) is 9.18. The average molecular weight is 348 g/mol. The molecule has 1 saturated carbocycles. The molecule has 2 atom stereocenters. The summed E-state index contributed by atoms with van der Waals surface area (Å²) in [5.41, 5.74) is 4.24. The summed E-state index contributed by atoms with van der Waals surface area (Å²) in [6.07, 6.45) is 3.98. The predicted molar refractivity (Wildman–Crippen MR) is 101 cm³/mol. The van der Waals surface area contributed by atoms with Crippen molar-refractivity contribution < 1.29 is 9.90 Å². The number of hydrogen-bond acceptors (Lipinski definition) is 3. The van der Waals surface area contributed by atoms with Crippen molar-refractivity contribution in [2.75, 3.05) is 6.54 Å². The van der Waals surface area contributed by atoms with Gasteiger partial charge in [-0.3, -0.25) is 4.79 Å². The van der Waals surface area contributed by atoms with Gasteiger partial charge in [0.15, 0.2) is 0 Å². The molecule has 0 radical (unpaired) electrons. The largest absolute Gasteiger partial charge is 0.392 e. The third kappa shape index (κ3) is 3.95. The van der Waals surface area contributed by atoms with Crippen LogP contribution in [0.1, 0.15) is 42.7 Å². The van der Waals surface area contributed by atoms with Gasteiger partial charge in [0.25, 0.3) is 0 Å². The summed E-state index contributed by atoms with van der Waals surface area (Å²) in [7, 11) is 0. The molecule has 1 fully saturated rings. The Morgan fingerprint density at radius 3 is 2.77 bits per heavy atom. The van der Waals surface area contributed by atoms with Crippen molar-refractivity contribution in [1.29, 1.82) is 5.26 Å². The molecule has 2 aromatic rings. The normalized spacial score (nSPS) is 19.5. The fraction of sp³-hybridized carbons (Fsp3) is 0.364. The zero-order chi connectivity index (χ0) is 18.4. The molecule has 0 heterocycles. The van der Waals surface area contributed by atoms with Crippen molar-refractivity contribution in [3.05, 3.63) is 59.7 Å². The van der Waals surface area contributed by atoms with Gasteiger partial charge in [-0.15, -0.1) is 0 Å². The molecule has 2 unspecified atom stereocenters. The second-order valence-corrected chi connectivity index (χ2v) is 6.82. The Kier molecular flexibility index (Phi) is 6.04. The minimum atomic E-state index is -0.0979. The van der Waals surface area contributed by atoms with Crippen LogP contribution in [-0.2, 0) is 11.4 Å². The van der Waals surface area contributed by atoms with Gasteiger partial charge in [-0.05, 0) is 47.1 Å². The first-order chi connectivity index (χ1) is 12.7. The number of nitriles is 1. The maximum absolute atomic E-state index is 12.6. The molecule has 0 aliphatic heterocycles. The Bertz CT molecular complexity index is 810. The molecule has 2 N–H and O–H groups in total. The van der Waals surface area contributed by atoms with Crippen molar-refractivity contribution in [3.8, 4) is 17.2 Å². The molecule has 0 bridgehead atoms.